The number of fused-ring (bicyclic) bond motifs is 12. The van der Waals surface area contributed by atoms with Crippen molar-refractivity contribution in [2.24, 2.45) is 0 Å². The van der Waals surface area contributed by atoms with Crippen LogP contribution in [-0.4, -0.2) is 24.9 Å². The van der Waals surface area contributed by atoms with Gasteiger partial charge in [0.05, 0.1) is 5.41 Å². The molecule has 0 amide bonds. The third kappa shape index (κ3) is 4.76. The van der Waals surface area contributed by atoms with Gasteiger partial charge in [0, 0.05) is 41.5 Å². The van der Waals surface area contributed by atoms with E-state index in [2.05, 4.69) is 149 Å². The molecule has 0 atom stereocenters. The first kappa shape index (κ1) is 31.2. The number of benzene rings is 6. The van der Waals surface area contributed by atoms with Crippen molar-refractivity contribution >= 4 is 0 Å². The fraction of sp³-hybridized carbons (Fsp3) is 0.0200. The highest BCUT2D eigenvalue weighted by Gasteiger charge is 2.49. The molecule has 11 rings (SSSR count). The van der Waals surface area contributed by atoms with Gasteiger partial charge in [-0.1, -0.05) is 133 Å². The predicted molar refractivity (Wildman–Crippen MR) is 219 cm³/mol. The standard InChI is InChI=1S/C50H31N5/c1-2-10-38-37(9-1)39-11-3-6-14-43(39)50(44-15-7-4-12-40(44)41-13-5-8-16-45(41)50)46-31-36(21-22-42(38)46)49-54-47(53-48(55-49)35-25-29-52-30-26-35)34-19-17-32(18-20-34)33-23-27-51-28-24-33/h1-31H. The van der Waals surface area contributed by atoms with E-state index in [-0.39, 0.29) is 0 Å². The molecule has 9 aromatic rings. The lowest BCUT2D eigenvalue weighted by Crippen LogP contribution is -2.29. The molecule has 0 saturated carbocycles. The van der Waals surface area contributed by atoms with Gasteiger partial charge in [-0.2, -0.15) is 0 Å². The smallest absolute Gasteiger partial charge is 0.164 e. The van der Waals surface area contributed by atoms with Gasteiger partial charge in [-0.3, -0.25) is 9.97 Å². The molecule has 0 bridgehead atoms. The summed E-state index contributed by atoms with van der Waals surface area (Å²) in [6, 6.07) is 58.7. The highest BCUT2D eigenvalue weighted by Crippen LogP contribution is 2.61. The molecular formula is C50H31N5. The summed E-state index contributed by atoms with van der Waals surface area (Å²) in [6.07, 6.45) is 7.18. The summed E-state index contributed by atoms with van der Waals surface area (Å²) in [7, 11) is 0. The second-order valence-electron chi connectivity index (χ2n) is 14.0. The number of nitrogens with zero attached hydrogens (tertiary/aromatic N) is 5. The Balaban J connectivity index is 1.18. The molecule has 6 aromatic carbocycles. The third-order valence-electron chi connectivity index (χ3n) is 11.2. The van der Waals surface area contributed by atoms with Crippen molar-refractivity contribution in [2.45, 2.75) is 5.41 Å². The third-order valence-corrected chi connectivity index (χ3v) is 11.2. The molecule has 55 heavy (non-hydrogen) atoms. The van der Waals surface area contributed by atoms with Crippen LogP contribution in [0.15, 0.2) is 189 Å². The van der Waals surface area contributed by atoms with Crippen LogP contribution in [-0.2, 0) is 5.41 Å². The zero-order valence-electron chi connectivity index (χ0n) is 29.6. The lowest BCUT2D eigenvalue weighted by molar-refractivity contribution is 0.775. The Bertz CT molecular complexity index is 2880. The maximum Gasteiger partial charge on any atom is 0.164 e. The molecule has 2 aliphatic rings. The summed E-state index contributed by atoms with van der Waals surface area (Å²) in [5.74, 6) is 1.81. The van der Waals surface area contributed by atoms with Crippen LogP contribution in [0.4, 0.5) is 0 Å². The topological polar surface area (TPSA) is 64.5 Å². The van der Waals surface area contributed by atoms with E-state index < -0.39 is 5.41 Å². The number of hydrogen-bond donors (Lipinski definition) is 0. The average Bonchev–Trinajstić information content (AvgIpc) is 3.52. The maximum absolute atomic E-state index is 5.22. The summed E-state index contributed by atoms with van der Waals surface area (Å²) >= 11 is 0. The number of pyridine rings is 2. The fourth-order valence-electron chi connectivity index (χ4n) is 8.81. The zero-order chi connectivity index (χ0) is 36.3. The predicted octanol–water partition coefficient (Wildman–Crippen LogP) is 11.3. The summed E-state index contributed by atoms with van der Waals surface area (Å²) in [6.45, 7) is 0. The van der Waals surface area contributed by atoms with E-state index in [0.717, 1.165) is 27.8 Å². The minimum Gasteiger partial charge on any atom is -0.265 e. The zero-order valence-corrected chi connectivity index (χ0v) is 29.6. The minimum absolute atomic E-state index is 0.595. The highest BCUT2D eigenvalue weighted by atomic mass is 15.0. The van der Waals surface area contributed by atoms with Crippen molar-refractivity contribution in [1.82, 2.24) is 24.9 Å². The highest BCUT2D eigenvalue weighted by molar-refractivity contribution is 5.97. The summed E-state index contributed by atoms with van der Waals surface area (Å²) in [5.41, 5.74) is 16.7. The van der Waals surface area contributed by atoms with Crippen LogP contribution in [0.2, 0.25) is 0 Å². The van der Waals surface area contributed by atoms with Gasteiger partial charge in [-0.25, -0.2) is 15.0 Å². The molecule has 0 radical (unpaired) electrons. The Hall–Kier alpha value is -7.37. The van der Waals surface area contributed by atoms with Crippen LogP contribution in [0.25, 0.3) is 78.7 Å². The molecule has 0 unspecified atom stereocenters. The number of rotatable bonds is 4. The first-order valence-corrected chi connectivity index (χ1v) is 18.5. The van der Waals surface area contributed by atoms with Crippen LogP contribution in [0.1, 0.15) is 22.3 Å². The van der Waals surface area contributed by atoms with Crippen molar-refractivity contribution in [3.8, 4) is 78.7 Å². The van der Waals surface area contributed by atoms with Crippen LogP contribution in [0.5, 0.6) is 0 Å². The maximum atomic E-state index is 5.22. The Morgan fingerprint density at radius 3 is 1.15 bits per heavy atom. The van der Waals surface area contributed by atoms with Gasteiger partial charge in [0.1, 0.15) is 0 Å². The van der Waals surface area contributed by atoms with Crippen molar-refractivity contribution < 1.29 is 0 Å². The van der Waals surface area contributed by atoms with Gasteiger partial charge in [0.15, 0.2) is 17.5 Å². The largest absolute Gasteiger partial charge is 0.265 e. The SMILES string of the molecule is c1ccc2c(c1)-c1ccccc1C1(c3cc(-c4nc(-c5ccncc5)nc(-c5ccc(-c6ccncc6)cc5)n4)ccc3-2)c2ccccc2-c2ccccc21. The number of aromatic nitrogens is 5. The molecule has 3 heterocycles. The normalized spacial score (nSPS) is 12.9. The molecule has 0 aliphatic heterocycles. The average molecular weight is 702 g/mol. The van der Waals surface area contributed by atoms with E-state index in [9.17, 15) is 0 Å². The molecular weight excluding hydrogens is 671 g/mol. The lowest BCUT2D eigenvalue weighted by Gasteiger charge is -2.35. The van der Waals surface area contributed by atoms with E-state index in [0.29, 0.717) is 17.5 Å². The number of hydrogen-bond acceptors (Lipinski definition) is 5. The molecule has 0 N–H and O–H groups in total. The molecule has 5 heteroatoms. The summed E-state index contributed by atoms with van der Waals surface area (Å²) in [5, 5.41) is 0. The van der Waals surface area contributed by atoms with Crippen molar-refractivity contribution in [3.63, 3.8) is 0 Å². The fourth-order valence-corrected chi connectivity index (χ4v) is 8.81. The second kappa shape index (κ2) is 12.4. The van der Waals surface area contributed by atoms with Crippen LogP contribution in [0, 0.1) is 0 Å². The first-order valence-electron chi connectivity index (χ1n) is 18.5. The van der Waals surface area contributed by atoms with Crippen molar-refractivity contribution in [1.29, 1.82) is 0 Å². The van der Waals surface area contributed by atoms with Crippen molar-refractivity contribution in [3.05, 3.63) is 211 Å². The molecule has 5 nitrogen and oxygen atoms in total. The van der Waals surface area contributed by atoms with Crippen LogP contribution < -0.4 is 0 Å². The second-order valence-corrected chi connectivity index (χ2v) is 14.0. The van der Waals surface area contributed by atoms with Gasteiger partial charge < -0.3 is 0 Å². The van der Waals surface area contributed by atoms with Gasteiger partial charge in [0.2, 0.25) is 0 Å². The molecule has 1 spiro atoms. The van der Waals surface area contributed by atoms with Crippen molar-refractivity contribution in [2.75, 3.05) is 0 Å². The van der Waals surface area contributed by atoms with Gasteiger partial charge in [0.25, 0.3) is 0 Å². The van der Waals surface area contributed by atoms with Gasteiger partial charge >= 0.3 is 0 Å². The molecule has 3 aromatic heterocycles. The summed E-state index contributed by atoms with van der Waals surface area (Å²) in [4.78, 5) is 23.9. The first-order chi connectivity index (χ1) is 27.3. The minimum atomic E-state index is -0.597. The van der Waals surface area contributed by atoms with E-state index in [1.807, 2.05) is 36.7 Å². The Morgan fingerprint density at radius 2 is 0.618 bits per heavy atom. The molecule has 256 valence electrons. The van der Waals surface area contributed by atoms with E-state index in [1.165, 1.54) is 55.6 Å². The Kier molecular flexibility index (Phi) is 7.01. The quantitative estimate of drug-likeness (QED) is 0.183. The molecule has 0 fully saturated rings. The van der Waals surface area contributed by atoms with Crippen LogP contribution >= 0.6 is 0 Å². The monoisotopic (exact) mass is 701 g/mol. The Morgan fingerprint density at radius 1 is 0.273 bits per heavy atom. The van der Waals surface area contributed by atoms with Gasteiger partial charge in [-0.15, -0.1) is 0 Å². The summed E-state index contributed by atoms with van der Waals surface area (Å²) < 4.78 is 0. The molecule has 0 saturated heterocycles. The van der Waals surface area contributed by atoms with Crippen LogP contribution in [0.3, 0.4) is 0 Å². The lowest BCUT2D eigenvalue weighted by atomic mass is 9.65. The van der Waals surface area contributed by atoms with E-state index in [4.69, 9.17) is 15.0 Å². The van der Waals surface area contributed by atoms with E-state index in [1.54, 1.807) is 12.4 Å². The van der Waals surface area contributed by atoms with E-state index >= 15 is 0 Å². The van der Waals surface area contributed by atoms with Gasteiger partial charge in [-0.05, 0) is 97.1 Å². The Labute approximate surface area is 318 Å². The molecule has 2 aliphatic carbocycles.